The molecule has 1 aromatic heterocycles. The van der Waals surface area contributed by atoms with Crippen LogP contribution in [-0.4, -0.2) is 20.0 Å². The van der Waals surface area contributed by atoms with Crippen molar-refractivity contribution in [2.45, 2.75) is 37.7 Å². The summed E-state index contributed by atoms with van der Waals surface area (Å²) in [5.41, 5.74) is 1.87. The SMILES string of the molecule is C=S1(=O)Cc2cnc(C(C)(C)C)nc2C1. The van der Waals surface area contributed by atoms with Crippen molar-refractivity contribution < 1.29 is 4.21 Å². The fourth-order valence-corrected chi connectivity index (χ4v) is 3.29. The molecule has 2 heterocycles. The van der Waals surface area contributed by atoms with Gasteiger partial charge in [-0.1, -0.05) is 20.8 Å². The molecule has 0 saturated heterocycles. The fourth-order valence-electron chi connectivity index (χ4n) is 1.63. The lowest BCUT2D eigenvalue weighted by molar-refractivity contribution is 0.542. The van der Waals surface area contributed by atoms with Crippen LogP contribution in [0.1, 0.15) is 37.9 Å². The zero-order chi connectivity index (χ0) is 11.3. The lowest BCUT2D eigenvalue weighted by atomic mass is 9.95. The minimum Gasteiger partial charge on any atom is -0.267 e. The largest absolute Gasteiger partial charge is 0.267 e. The third kappa shape index (κ3) is 2.04. The molecule has 0 fully saturated rings. The van der Waals surface area contributed by atoms with Crippen LogP contribution in [-0.2, 0) is 26.4 Å². The number of nitrogens with zero attached hydrogens (tertiary/aromatic N) is 2. The van der Waals surface area contributed by atoms with Gasteiger partial charge in [0, 0.05) is 22.9 Å². The molecule has 0 aliphatic carbocycles. The van der Waals surface area contributed by atoms with Gasteiger partial charge in [-0.2, -0.15) is 0 Å². The van der Waals surface area contributed by atoms with Crippen molar-refractivity contribution in [3.05, 3.63) is 23.3 Å². The van der Waals surface area contributed by atoms with E-state index < -0.39 is 9.52 Å². The molecule has 1 aromatic rings. The molecule has 1 atom stereocenters. The molecule has 1 aliphatic rings. The maximum atomic E-state index is 11.8. The molecule has 0 aromatic carbocycles. The van der Waals surface area contributed by atoms with E-state index in [1.807, 2.05) is 0 Å². The van der Waals surface area contributed by atoms with Crippen LogP contribution in [0.3, 0.4) is 0 Å². The predicted octanol–water partition coefficient (Wildman–Crippen LogP) is 1.50. The van der Waals surface area contributed by atoms with Gasteiger partial charge in [0.15, 0.2) is 0 Å². The first-order valence-corrected chi connectivity index (χ1v) is 7.02. The summed E-state index contributed by atoms with van der Waals surface area (Å²) in [4.78, 5) is 8.81. The van der Waals surface area contributed by atoms with Crippen molar-refractivity contribution in [1.29, 1.82) is 0 Å². The molecule has 0 amide bonds. The van der Waals surface area contributed by atoms with Crippen LogP contribution in [0.5, 0.6) is 0 Å². The van der Waals surface area contributed by atoms with E-state index in [4.69, 9.17) is 0 Å². The van der Waals surface area contributed by atoms with Crippen LogP contribution >= 0.6 is 0 Å². The Hall–Kier alpha value is -0.900. The van der Waals surface area contributed by atoms with Crippen LogP contribution in [0.2, 0.25) is 0 Å². The number of aromatic nitrogens is 2. The molecule has 1 unspecified atom stereocenters. The van der Waals surface area contributed by atoms with Crippen LogP contribution < -0.4 is 0 Å². The molecule has 0 N–H and O–H groups in total. The van der Waals surface area contributed by atoms with E-state index in [0.29, 0.717) is 11.5 Å². The van der Waals surface area contributed by atoms with Gasteiger partial charge < -0.3 is 0 Å². The van der Waals surface area contributed by atoms with Crippen LogP contribution in [0.25, 0.3) is 0 Å². The quantitative estimate of drug-likeness (QED) is 0.627. The van der Waals surface area contributed by atoms with E-state index >= 15 is 0 Å². The Morgan fingerprint density at radius 2 is 2.07 bits per heavy atom. The highest BCUT2D eigenvalue weighted by Crippen LogP contribution is 2.25. The van der Waals surface area contributed by atoms with Crippen molar-refractivity contribution in [2.24, 2.45) is 0 Å². The van der Waals surface area contributed by atoms with E-state index in [-0.39, 0.29) is 5.41 Å². The Kier molecular flexibility index (Phi) is 2.15. The van der Waals surface area contributed by atoms with Crippen LogP contribution in [0.4, 0.5) is 0 Å². The average molecular weight is 224 g/mol. The first kappa shape index (κ1) is 10.6. The Labute approximate surface area is 91.0 Å². The average Bonchev–Trinajstić information content (AvgIpc) is 2.34. The molecule has 0 saturated carbocycles. The van der Waals surface area contributed by atoms with Crippen molar-refractivity contribution in [2.75, 3.05) is 0 Å². The van der Waals surface area contributed by atoms with Gasteiger partial charge in [0.05, 0.1) is 11.4 Å². The minimum absolute atomic E-state index is 0.0559. The Morgan fingerprint density at radius 3 is 2.67 bits per heavy atom. The highest BCUT2D eigenvalue weighted by molar-refractivity contribution is 7.99. The van der Waals surface area contributed by atoms with Crippen LogP contribution in [0.15, 0.2) is 6.20 Å². The maximum Gasteiger partial charge on any atom is 0.133 e. The van der Waals surface area contributed by atoms with E-state index in [1.165, 1.54) is 0 Å². The van der Waals surface area contributed by atoms with E-state index in [1.54, 1.807) is 6.20 Å². The summed E-state index contributed by atoms with van der Waals surface area (Å²) < 4.78 is 11.8. The Morgan fingerprint density at radius 1 is 1.40 bits per heavy atom. The summed E-state index contributed by atoms with van der Waals surface area (Å²) in [5.74, 6) is 5.60. The molecule has 0 radical (unpaired) electrons. The number of hydrogen-bond acceptors (Lipinski definition) is 3. The second-order valence-electron chi connectivity index (χ2n) is 5.17. The highest BCUT2D eigenvalue weighted by atomic mass is 32.2. The summed E-state index contributed by atoms with van der Waals surface area (Å²) in [6.45, 7) is 6.22. The van der Waals surface area contributed by atoms with E-state index in [0.717, 1.165) is 17.1 Å². The Bertz CT molecular complexity index is 498. The summed E-state index contributed by atoms with van der Waals surface area (Å²) >= 11 is 0. The smallest absolute Gasteiger partial charge is 0.133 e. The second kappa shape index (κ2) is 3.04. The van der Waals surface area contributed by atoms with Gasteiger partial charge in [-0.25, -0.2) is 9.97 Å². The fraction of sp³-hybridized carbons (Fsp3) is 0.545. The molecule has 2 rings (SSSR count). The lowest BCUT2D eigenvalue weighted by Crippen LogP contribution is -2.16. The van der Waals surface area contributed by atoms with Gasteiger partial charge in [0.1, 0.15) is 5.82 Å². The third-order valence-electron chi connectivity index (χ3n) is 2.44. The number of fused-ring (bicyclic) bond motifs is 1. The molecule has 0 bridgehead atoms. The summed E-state index contributed by atoms with van der Waals surface area (Å²) in [5, 5.41) is 0. The molecule has 82 valence electrons. The van der Waals surface area contributed by atoms with Gasteiger partial charge in [0.2, 0.25) is 0 Å². The van der Waals surface area contributed by atoms with E-state index in [2.05, 4.69) is 36.6 Å². The normalized spacial score (nSPS) is 25.3. The van der Waals surface area contributed by atoms with Gasteiger partial charge in [-0.15, -0.1) is 0 Å². The van der Waals surface area contributed by atoms with Crippen molar-refractivity contribution in [1.82, 2.24) is 9.97 Å². The second-order valence-corrected chi connectivity index (χ2v) is 7.68. The minimum atomic E-state index is -1.97. The molecule has 1 aliphatic heterocycles. The molecular formula is C11H16N2OS. The summed E-state index contributed by atoms with van der Waals surface area (Å²) in [6, 6.07) is 0. The topological polar surface area (TPSA) is 42.9 Å². The zero-order valence-corrected chi connectivity index (χ0v) is 10.2. The highest BCUT2D eigenvalue weighted by Gasteiger charge is 2.25. The first-order chi connectivity index (χ1) is 6.78. The number of rotatable bonds is 0. The first-order valence-electron chi connectivity index (χ1n) is 4.96. The molecule has 4 heteroatoms. The lowest BCUT2D eigenvalue weighted by Gasteiger charge is -2.16. The van der Waals surface area contributed by atoms with Gasteiger partial charge in [0.25, 0.3) is 0 Å². The van der Waals surface area contributed by atoms with Gasteiger partial charge >= 0.3 is 0 Å². The molecule has 3 nitrogen and oxygen atoms in total. The van der Waals surface area contributed by atoms with Crippen molar-refractivity contribution in [3.63, 3.8) is 0 Å². The summed E-state index contributed by atoms with van der Waals surface area (Å²) in [6.07, 6.45) is 1.81. The zero-order valence-electron chi connectivity index (χ0n) is 9.41. The van der Waals surface area contributed by atoms with Crippen molar-refractivity contribution in [3.8, 4) is 0 Å². The standard InChI is InChI=1S/C11H16N2OS/c1-11(2,3)10-12-5-8-6-15(4,14)7-9(8)13-10/h5H,4,6-7H2,1-3H3. The monoisotopic (exact) mass is 224 g/mol. The molecule has 0 spiro atoms. The predicted molar refractivity (Wildman–Crippen MR) is 63.4 cm³/mol. The van der Waals surface area contributed by atoms with Crippen molar-refractivity contribution >= 4 is 15.4 Å². The van der Waals surface area contributed by atoms with Crippen LogP contribution in [0, 0.1) is 0 Å². The Balaban J connectivity index is 2.48. The number of hydrogen-bond donors (Lipinski definition) is 0. The molecular weight excluding hydrogens is 208 g/mol. The van der Waals surface area contributed by atoms with E-state index in [9.17, 15) is 4.21 Å². The molecule has 15 heavy (non-hydrogen) atoms. The third-order valence-corrected chi connectivity index (χ3v) is 4.08. The van der Waals surface area contributed by atoms with Gasteiger partial charge in [-0.05, 0) is 15.4 Å². The maximum absolute atomic E-state index is 11.8. The van der Waals surface area contributed by atoms with Gasteiger partial charge in [-0.3, -0.25) is 4.21 Å². The summed E-state index contributed by atoms with van der Waals surface area (Å²) in [7, 11) is -1.97.